The van der Waals surface area contributed by atoms with Crippen molar-refractivity contribution in [1.82, 2.24) is 15.1 Å². The highest BCUT2D eigenvalue weighted by Crippen LogP contribution is 2.24. The predicted molar refractivity (Wildman–Crippen MR) is 97.7 cm³/mol. The zero-order valence-electron chi connectivity index (χ0n) is 16.0. The van der Waals surface area contributed by atoms with Gasteiger partial charge in [0.05, 0.1) is 11.8 Å². The van der Waals surface area contributed by atoms with Gasteiger partial charge in [-0.2, -0.15) is 18.3 Å². The van der Waals surface area contributed by atoms with Crippen molar-refractivity contribution in [3.8, 4) is 0 Å². The highest BCUT2D eigenvalue weighted by Gasteiger charge is 2.38. The van der Waals surface area contributed by atoms with Gasteiger partial charge in [0, 0.05) is 30.9 Å². The van der Waals surface area contributed by atoms with Gasteiger partial charge in [-0.15, -0.1) is 0 Å². The lowest BCUT2D eigenvalue weighted by Crippen LogP contribution is -2.29. The van der Waals surface area contributed by atoms with E-state index in [1.165, 1.54) is 16.8 Å². The van der Waals surface area contributed by atoms with Crippen LogP contribution < -0.4 is 5.32 Å². The van der Waals surface area contributed by atoms with Crippen LogP contribution in [0.5, 0.6) is 0 Å². The number of aliphatic carboxylic acids is 1. The Balaban J connectivity index is 0.000000370. The largest absolute Gasteiger partial charge is 0.490 e. The Morgan fingerprint density at radius 2 is 1.86 bits per heavy atom. The molecule has 1 aliphatic carbocycles. The van der Waals surface area contributed by atoms with Crippen LogP contribution in [0.1, 0.15) is 39.7 Å². The monoisotopic (exact) mass is 413 g/mol. The number of rotatable bonds is 5. The van der Waals surface area contributed by atoms with E-state index in [0.29, 0.717) is 11.6 Å². The number of halogens is 3. The second kappa shape index (κ2) is 9.08. The summed E-state index contributed by atoms with van der Waals surface area (Å²) in [7, 11) is 1.97. The topological polar surface area (TPSA) is 104 Å². The SMILES string of the molecule is CCc1c(CNC2Cc3ccc(C(=O)O)cc3C2)cnn1C.O=C(O)C(F)(F)F. The Kier molecular flexibility index (Phi) is 7.02. The zero-order valence-corrected chi connectivity index (χ0v) is 16.0. The van der Waals surface area contributed by atoms with E-state index < -0.39 is 18.1 Å². The molecule has 1 aromatic carbocycles. The van der Waals surface area contributed by atoms with E-state index >= 15 is 0 Å². The number of nitrogens with zero attached hydrogens (tertiary/aromatic N) is 2. The molecule has 1 unspecified atom stereocenters. The van der Waals surface area contributed by atoms with E-state index in [0.717, 1.165) is 31.4 Å². The van der Waals surface area contributed by atoms with Crippen molar-refractivity contribution in [3.63, 3.8) is 0 Å². The average Bonchev–Trinajstić information content (AvgIpc) is 3.21. The van der Waals surface area contributed by atoms with Crippen LogP contribution in [0.25, 0.3) is 0 Å². The van der Waals surface area contributed by atoms with Crippen molar-refractivity contribution in [3.05, 3.63) is 52.3 Å². The van der Waals surface area contributed by atoms with Gasteiger partial charge in [-0.3, -0.25) is 4.68 Å². The van der Waals surface area contributed by atoms with E-state index in [1.807, 2.05) is 24.0 Å². The Morgan fingerprint density at radius 1 is 1.24 bits per heavy atom. The van der Waals surface area contributed by atoms with Gasteiger partial charge in [0.2, 0.25) is 0 Å². The average molecular weight is 413 g/mol. The summed E-state index contributed by atoms with van der Waals surface area (Å²) >= 11 is 0. The molecule has 0 saturated heterocycles. The van der Waals surface area contributed by atoms with E-state index in [4.69, 9.17) is 15.0 Å². The summed E-state index contributed by atoms with van der Waals surface area (Å²) in [6.45, 7) is 2.95. The standard InChI is InChI=1S/C17H21N3O2.C2HF3O2/c1-3-16-14(10-19-20(16)2)9-18-15-7-11-4-5-12(17(21)22)6-13(11)8-15;3-2(4,5)1(6)7/h4-6,10,15,18H,3,7-9H2,1-2H3,(H,21,22);(H,6,7). The van der Waals surface area contributed by atoms with Gasteiger partial charge in [0.1, 0.15) is 0 Å². The number of carboxylic acid groups (broad SMARTS) is 2. The third kappa shape index (κ3) is 5.80. The first-order valence-corrected chi connectivity index (χ1v) is 8.91. The van der Waals surface area contributed by atoms with Gasteiger partial charge in [0.15, 0.2) is 0 Å². The summed E-state index contributed by atoms with van der Waals surface area (Å²) in [5.41, 5.74) is 5.28. The number of carboxylic acids is 2. The van der Waals surface area contributed by atoms with Crippen molar-refractivity contribution in [2.75, 3.05) is 0 Å². The van der Waals surface area contributed by atoms with E-state index in [1.54, 1.807) is 12.1 Å². The second-order valence-corrected chi connectivity index (χ2v) is 6.67. The molecule has 0 radical (unpaired) electrons. The lowest BCUT2D eigenvalue weighted by Gasteiger charge is -2.12. The number of fused-ring (bicyclic) bond motifs is 1. The quantitative estimate of drug-likeness (QED) is 0.696. The molecule has 1 heterocycles. The van der Waals surface area contributed by atoms with Crippen LogP contribution in [0, 0.1) is 0 Å². The van der Waals surface area contributed by atoms with Gasteiger partial charge in [0.25, 0.3) is 0 Å². The van der Waals surface area contributed by atoms with Gasteiger partial charge < -0.3 is 15.5 Å². The number of hydrogen-bond donors (Lipinski definition) is 3. The molecule has 1 aliphatic rings. The number of benzene rings is 1. The van der Waals surface area contributed by atoms with Crippen molar-refractivity contribution < 1.29 is 33.0 Å². The summed E-state index contributed by atoms with van der Waals surface area (Å²) in [4.78, 5) is 19.9. The minimum atomic E-state index is -5.08. The molecule has 0 aliphatic heterocycles. The van der Waals surface area contributed by atoms with Crippen molar-refractivity contribution in [2.45, 2.75) is 44.9 Å². The van der Waals surface area contributed by atoms with Crippen molar-refractivity contribution in [2.24, 2.45) is 7.05 Å². The van der Waals surface area contributed by atoms with Crippen LogP contribution >= 0.6 is 0 Å². The Labute approximate surface area is 165 Å². The summed E-state index contributed by atoms with van der Waals surface area (Å²) in [5, 5.41) is 24.1. The fraction of sp³-hybridized carbons (Fsp3) is 0.421. The van der Waals surface area contributed by atoms with Crippen LogP contribution in [0.3, 0.4) is 0 Å². The van der Waals surface area contributed by atoms with Crippen LogP contribution in [0.4, 0.5) is 13.2 Å². The minimum absolute atomic E-state index is 0.365. The number of aryl methyl sites for hydroxylation is 1. The smallest absolute Gasteiger partial charge is 0.478 e. The number of carbonyl (C=O) groups is 2. The first-order chi connectivity index (χ1) is 13.5. The third-order valence-electron chi connectivity index (χ3n) is 4.69. The maximum absolute atomic E-state index is 11.0. The molecule has 0 bridgehead atoms. The molecule has 0 amide bonds. The lowest BCUT2D eigenvalue weighted by atomic mass is 10.1. The zero-order chi connectivity index (χ0) is 21.8. The highest BCUT2D eigenvalue weighted by molar-refractivity contribution is 5.88. The highest BCUT2D eigenvalue weighted by atomic mass is 19.4. The molecule has 0 spiro atoms. The van der Waals surface area contributed by atoms with Crippen LogP contribution in [0.15, 0.2) is 24.4 Å². The number of hydrogen-bond acceptors (Lipinski definition) is 4. The Bertz CT molecular complexity index is 893. The summed E-state index contributed by atoms with van der Waals surface area (Å²) in [5.74, 6) is -3.62. The van der Waals surface area contributed by atoms with Crippen molar-refractivity contribution in [1.29, 1.82) is 0 Å². The first-order valence-electron chi connectivity index (χ1n) is 8.91. The molecular weight excluding hydrogens is 391 g/mol. The number of alkyl halides is 3. The maximum Gasteiger partial charge on any atom is 0.490 e. The van der Waals surface area contributed by atoms with Crippen LogP contribution in [-0.4, -0.2) is 44.2 Å². The van der Waals surface area contributed by atoms with Gasteiger partial charge >= 0.3 is 18.1 Å². The number of aromatic carboxylic acids is 1. The Morgan fingerprint density at radius 3 is 2.41 bits per heavy atom. The van der Waals surface area contributed by atoms with Crippen molar-refractivity contribution >= 4 is 11.9 Å². The fourth-order valence-corrected chi connectivity index (χ4v) is 3.26. The van der Waals surface area contributed by atoms with E-state index in [9.17, 15) is 18.0 Å². The molecule has 3 N–H and O–H groups in total. The molecule has 0 fully saturated rings. The molecule has 1 atom stereocenters. The second-order valence-electron chi connectivity index (χ2n) is 6.67. The fourth-order valence-electron chi connectivity index (χ4n) is 3.26. The van der Waals surface area contributed by atoms with E-state index in [-0.39, 0.29) is 0 Å². The van der Waals surface area contributed by atoms with Gasteiger partial charge in [-0.25, -0.2) is 9.59 Å². The van der Waals surface area contributed by atoms with Crippen LogP contribution in [-0.2, 0) is 37.6 Å². The summed E-state index contributed by atoms with van der Waals surface area (Å²) in [6, 6.07) is 5.81. The molecule has 10 heteroatoms. The van der Waals surface area contributed by atoms with Gasteiger partial charge in [-0.05, 0) is 42.5 Å². The molecule has 2 aromatic rings. The van der Waals surface area contributed by atoms with Gasteiger partial charge in [-0.1, -0.05) is 13.0 Å². The maximum atomic E-state index is 11.0. The molecule has 29 heavy (non-hydrogen) atoms. The molecule has 0 saturated carbocycles. The first kappa shape index (κ1) is 22.4. The summed E-state index contributed by atoms with van der Waals surface area (Å²) in [6.07, 6.45) is -0.341. The normalized spacial score (nSPS) is 15.4. The van der Waals surface area contributed by atoms with Crippen LogP contribution in [0.2, 0.25) is 0 Å². The molecular formula is C19H22F3N3O4. The predicted octanol–water partition coefficient (Wildman–Crippen LogP) is 2.57. The molecule has 158 valence electrons. The molecule has 3 rings (SSSR count). The Hall–Kier alpha value is -2.88. The van der Waals surface area contributed by atoms with E-state index in [2.05, 4.69) is 17.3 Å². The minimum Gasteiger partial charge on any atom is -0.478 e. The molecule has 7 nitrogen and oxygen atoms in total. The molecule has 1 aromatic heterocycles. The lowest BCUT2D eigenvalue weighted by molar-refractivity contribution is -0.192. The number of aromatic nitrogens is 2. The third-order valence-corrected chi connectivity index (χ3v) is 4.69. The summed E-state index contributed by atoms with van der Waals surface area (Å²) < 4.78 is 33.7. The number of nitrogens with one attached hydrogen (secondary N) is 1.